The van der Waals surface area contributed by atoms with Gasteiger partial charge >= 0.3 is 6.03 Å². The molecule has 1 aliphatic heterocycles. The van der Waals surface area contributed by atoms with Crippen molar-refractivity contribution in [2.24, 2.45) is 0 Å². The Hall–Kier alpha value is -3.62. The van der Waals surface area contributed by atoms with E-state index in [0.717, 1.165) is 0 Å². The van der Waals surface area contributed by atoms with Gasteiger partial charge in [0, 0.05) is 18.2 Å². The maximum absolute atomic E-state index is 11.5. The summed E-state index contributed by atoms with van der Waals surface area (Å²) in [6, 6.07) is 6.67. The van der Waals surface area contributed by atoms with Gasteiger partial charge in [-0.2, -0.15) is 0 Å². The van der Waals surface area contributed by atoms with E-state index < -0.39 is 16.9 Å². The highest BCUT2D eigenvalue weighted by Crippen LogP contribution is 2.34. The number of carbonyl (C=O) groups excluding carboxylic acids is 2. The summed E-state index contributed by atoms with van der Waals surface area (Å²) in [6.45, 7) is 0. The van der Waals surface area contributed by atoms with Gasteiger partial charge in [0.05, 0.1) is 17.6 Å². The fourth-order valence-electron chi connectivity index (χ4n) is 2.20. The minimum Gasteiger partial charge on any atom is -0.496 e. The quantitative estimate of drug-likeness (QED) is 0.383. The van der Waals surface area contributed by atoms with E-state index in [4.69, 9.17) is 9.15 Å². The van der Waals surface area contributed by atoms with Crippen molar-refractivity contribution >= 4 is 23.7 Å². The second kappa shape index (κ2) is 5.88. The average molecular weight is 329 g/mol. The smallest absolute Gasteiger partial charge is 0.326 e. The van der Waals surface area contributed by atoms with Crippen LogP contribution in [0.1, 0.15) is 5.76 Å². The molecule has 9 heteroatoms. The molecule has 0 radical (unpaired) electrons. The highest BCUT2D eigenvalue weighted by Gasteiger charge is 2.23. The number of hydrogen-bond acceptors (Lipinski definition) is 6. The predicted molar refractivity (Wildman–Crippen MR) is 82.0 cm³/mol. The molecule has 1 saturated heterocycles. The molecule has 0 aliphatic carbocycles. The molecule has 3 rings (SSSR count). The first-order valence-electron chi connectivity index (χ1n) is 6.74. The van der Waals surface area contributed by atoms with Gasteiger partial charge in [-0.25, -0.2) is 4.79 Å². The van der Waals surface area contributed by atoms with Gasteiger partial charge in [-0.3, -0.25) is 20.2 Å². The molecule has 2 heterocycles. The van der Waals surface area contributed by atoms with Crippen LogP contribution in [-0.2, 0) is 4.79 Å². The van der Waals surface area contributed by atoms with Crippen molar-refractivity contribution < 1.29 is 23.7 Å². The molecule has 0 bridgehead atoms. The molecule has 0 saturated carbocycles. The van der Waals surface area contributed by atoms with Crippen LogP contribution in [0.2, 0.25) is 0 Å². The van der Waals surface area contributed by atoms with Crippen molar-refractivity contribution in [1.82, 2.24) is 10.6 Å². The number of nitrogens with zero attached hydrogens (tertiary/aromatic N) is 1. The molecule has 24 heavy (non-hydrogen) atoms. The van der Waals surface area contributed by atoms with Gasteiger partial charge < -0.3 is 14.5 Å². The first-order chi connectivity index (χ1) is 11.5. The standard InChI is InChI=1S/C15H11N3O6/c1-23-12-4-2-8(18(21)22)6-10(12)13-5-3-9(24-13)7-11-14(19)17-15(20)16-11/h2-7H,1H3,(H2,16,17,19,20)/b11-7-. The number of rotatable bonds is 4. The SMILES string of the molecule is COc1ccc([N+](=O)[O-])cc1-c1ccc(/C=C2\NC(=O)NC2=O)o1. The Kier molecular flexibility index (Phi) is 3.74. The molecule has 0 atom stereocenters. The van der Waals surface area contributed by atoms with E-state index >= 15 is 0 Å². The zero-order valence-corrected chi connectivity index (χ0v) is 12.4. The van der Waals surface area contributed by atoms with Crippen LogP contribution in [0.5, 0.6) is 5.75 Å². The van der Waals surface area contributed by atoms with E-state index in [1.54, 1.807) is 12.1 Å². The minimum absolute atomic E-state index is 0.0481. The van der Waals surface area contributed by atoms with Crippen LogP contribution in [0.4, 0.5) is 10.5 Å². The van der Waals surface area contributed by atoms with Crippen LogP contribution in [0.3, 0.4) is 0 Å². The highest BCUT2D eigenvalue weighted by atomic mass is 16.6. The number of carbonyl (C=O) groups is 2. The number of benzene rings is 1. The van der Waals surface area contributed by atoms with E-state index in [9.17, 15) is 19.7 Å². The molecule has 122 valence electrons. The van der Waals surface area contributed by atoms with Crippen LogP contribution in [0.25, 0.3) is 17.4 Å². The molecular formula is C15H11N3O6. The normalized spacial score (nSPS) is 15.3. The molecule has 0 spiro atoms. The van der Waals surface area contributed by atoms with E-state index in [2.05, 4.69) is 10.6 Å². The number of nitro groups is 1. The first-order valence-corrected chi connectivity index (χ1v) is 6.74. The predicted octanol–water partition coefficient (Wildman–Crippen LogP) is 2.04. The third-order valence-electron chi connectivity index (χ3n) is 3.29. The zero-order chi connectivity index (χ0) is 17.3. The third kappa shape index (κ3) is 2.82. The van der Waals surface area contributed by atoms with Gasteiger partial charge in [-0.1, -0.05) is 0 Å². The van der Waals surface area contributed by atoms with Crippen molar-refractivity contribution in [3.05, 3.63) is 51.9 Å². The third-order valence-corrected chi connectivity index (χ3v) is 3.29. The lowest BCUT2D eigenvalue weighted by Crippen LogP contribution is -2.22. The minimum atomic E-state index is -0.613. The van der Waals surface area contributed by atoms with Gasteiger partial charge in [-0.05, 0) is 18.2 Å². The lowest BCUT2D eigenvalue weighted by atomic mass is 10.1. The maximum atomic E-state index is 11.5. The Labute approximate surface area is 135 Å². The number of imide groups is 1. The molecule has 3 amide bonds. The second-order valence-corrected chi connectivity index (χ2v) is 4.81. The summed E-state index contributed by atoms with van der Waals surface area (Å²) in [7, 11) is 1.44. The van der Waals surface area contributed by atoms with E-state index in [-0.39, 0.29) is 11.4 Å². The van der Waals surface area contributed by atoms with Crippen molar-refractivity contribution in [2.75, 3.05) is 7.11 Å². The van der Waals surface area contributed by atoms with Crippen LogP contribution in [0.15, 0.2) is 40.4 Å². The van der Waals surface area contributed by atoms with Crippen LogP contribution < -0.4 is 15.4 Å². The number of furan rings is 1. The fraction of sp³-hybridized carbons (Fsp3) is 0.0667. The number of nitro benzene ring substituents is 1. The van der Waals surface area contributed by atoms with Crippen molar-refractivity contribution in [2.45, 2.75) is 0 Å². The monoisotopic (exact) mass is 329 g/mol. The molecule has 1 aromatic heterocycles. The van der Waals surface area contributed by atoms with Gasteiger partial charge in [0.15, 0.2) is 0 Å². The summed E-state index contributed by atoms with van der Waals surface area (Å²) < 4.78 is 10.8. The van der Waals surface area contributed by atoms with E-state index in [0.29, 0.717) is 22.8 Å². The Morgan fingerprint density at radius 3 is 2.62 bits per heavy atom. The summed E-state index contributed by atoms with van der Waals surface area (Å²) in [5, 5.41) is 15.3. The molecule has 2 aromatic rings. The van der Waals surface area contributed by atoms with Crippen molar-refractivity contribution in [3.63, 3.8) is 0 Å². The Bertz CT molecular complexity index is 883. The Morgan fingerprint density at radius 2 is 2.00 bits per heavy atom. The highest BCUT2D eigenvalue weighted by molar-refractivity contribution is 6.13. The van der Waals surface area contributed by atoms with E-state index in [1.807, 2.05) is 0 Å². The average Bonchev–Trinajstić information content (AvgIpc) is 3.13. The fourth-order valence-corrected chi connectivity index (χ4v) is 2.20. The van der Waals surface area contributed by atoms with E-state index in [1.165, 1.54) is 31.4 Å². The largest absolute Gasteiger partial charge is 0.496 e. The topological polar surface area (TPSA) is 124 Å². The summed E-state index contributed by atoms with van der Waals surface area (Å²) in [4.78, 5) is 33.0. The first kappa shape index (κ1) is 15.3. The number of amides is 3. The number of ether oxygens (including phenoxy) is 1. The zero-order valence-electron chi connectivity index (χ0n) is 12.4. The molecule has 1 aromatic carbocycles. The van der Waals surface area contributed by atoms with Crippen molar-refractivity contribution in [1.29, 1.82) is 0 Å². The summed E-state index contributed by atoms with van der Waals surface area (Å²) >= 11 is 0. The number of non-ortho nitro benzene ring substituents is 1. The lowest BCUT2D eigenvalue weighted by molar-refractivity contribution is -0.384. The number of methoxy groups -OCH3 is 1. The number of hydrogen-bond donors (Lipinski definition) is 2. The van der Waals surface area contributed by atoms with Gasteiger partial charge in [0.25, 0.3) is 11.6 Å². The molecule has 0 unspecified atom stereocenters. The lowest BCUT2D eigenvalue weighted by Gasteiger charge is -2.05. The van der Waals surface area contributed by atoms with Crippen LogP contribution >= 0.6 is 0 Å². The maximum Gasteiger partial charge on any atom is 0.326 e. The van der Waals surface area contributed by atoms with Gasteiger partial charge in [-0.15, -0.1) is 0 Å². The second-order valence-electron chi connectivity index (χ2n) is 4.81. The molecule has 2 N–H and O–H groups in total. The summed E-state index contributed by atoms with van der Waals surface area (Å²) in [5.74, 6) is 0.463. The van der Waals surface area contributed by atoms with Crippen LogP contribution in [0, 0.1) is 10.1 Å². The Balaban J connectivity index is 1.97. The summed E-state index contributed by atoms with van der Waals surface area (Å²) in [5.41, 5.74) is 0.340. The van der Waals surface area contributed by atoms with Crippen molar-refractivity contribution in [3.8, 4) is 17.1 Å². The molecule has 1 aliphatic rings. The van der Waals surface area contributed by atoms with Gasteiger partial charge in [0.2, 0.25) is 0 Å². The number of nitrogens with one attached hydrogen (secondary N) is 2. The number of urea groups is 1. The summed E-state index contributed by atoms with van der Waals surface area (Å²) in [6.07, 6.45) is 1.35. The molecule has 9 nitrogen and oxygen atoms in total. The molecule has 1 fully saturated rings. The van der Waals surface area contributed by atoms with Gasteiger partial charge in [0.1, 0.15) is 23.0 Å². The molecular weight excluding hydrogens is 318 g/mol. The van der Waals surface area contributed by atoms with Crippen LogP contribution in [-0.4, -0.2) is 24.0 Å². The Morgan fingerprint density at radius 1 is 1.21 bits per heavy atom.